The highest BCUT2D eigenvalue weighted by atomic mass is 16.3. The first kappa shape index (κ1) is 15.2. The van der Waals surface area contributed by atoms with Gasteiger partial charge in [-0.1, -0.05) is 30.3 Å². The lowest BCUT2D eigenvalue weighted by Crippen LogP contribution is -2.44. The van der Waals surface area contributed by atoms with Crippen molar-refractivity contribution in [3.05, 3.63) is 60.9 Å². The van der Waals surface area contributed by atoms with Crippen LogP contribution in [-0.4, -0.2) is 40.8 Å². The van der Waals surface area contributed by atoms with Crippen molar-refractivity contribution in [3.63, 3.8) is 0 Å². The summed E-state index contributed by atoms with van der Waals surface area (Å²) in [5.41, 5.74) is 3.66. The van der Waals surface area contributed by atoms with Crippen molar-refractivity contribution < 1.29 is 4.42 Å². The van der Waals surface area contributed by atoms with E-state index in [2.05, 4.69) is 28.4 Å². The van der Waals surface area contributed by atoms with Crippen molar-refractivity contribution in [2.75, 3.05) is 31.1 Å². The lowest BCUT2D eigenvalue weighted by molar-refractivity contribution is 0.575. The quantitative estimate of drug-likeness (QED) is 0.618. The standard InChI is InChI=1S/C20H19N5O/c1-2-5-15(6-3-1)16-13-19-22-17(18-7-4-12-26-18)14-20(25(19)23-16)24-10-8-21-9-11-24/h1-7,12-14,21H,8-11H2. The molecular weight excluding hydrogens is 326 g/mol. The molecule has 0 atom stereocenters. The van der Waals surface area contributed by atoms with Crippen LogP contribution in [-0.2, 0) is 0 Å². The summed E-state index contributed by atoms with van der Waals surface area (Å²) in [4.78, 5) is 7.13. The van der Waals surface area contributed by atoms with Crippen molar-refractivity contribution in [1.29, 1.82) is 0 Å². The molecule has 1 saturated heterocycles. The van der Waals surface area contributed by atoms with Crippen LogP contribution in [0.15, 0.2) is 65.3 Å². The van der Waals surface area contributed by atoms with Gasteiger partial charge in [-0.15, -0.1) is 0 Å². The highest BCUT2D eigenvalue weighted by Crippen LogP contribution is 2.28. The smallest absolute Gasteiger partial charge is 0.158 e. The molecule has 6 nitrogen and oxygen atoms in total. The molecule has 130 valence electrons. The summed E-state index contributed by atoms with van der Waals surface area (Å²) in [6.45, 7) is 3.81. The van der Waals surface area contributed by atoms with E-state index in [9.17, 15) is 0 Å². The molecule has 0 bridgehead atoms. The Morgan fingerprint density at radius 3 is 2.54 bits per heavy atom. The summed E-state index contributed by atoms with van der Waals surface area (Å²) < 4.78 is 7.52. The number of nitrogens with one attached hydrogen (secondary N) is 1. The molecular formula is C20H19N5O. The van der Waals surface area contributed by atoms with E-state index >= 15 is 0 Å². The number of furan rings is 1. The fraction of sp³-hybridized carbons (Fsp3) is 0.200. The van der Waals surface area contributed by atoms with E-state index in [0.717, 1.165) is 60.4 Å². The zero-order valence-corrected chi connectivity index (χ0v) is 14.3. The third kappa shape index (κ3) is 2.64. The Morgan fingerprint density at radius 1 is 0.923 bits per heavy atom. The van der Waals surface area contributed by atoms with Gasteiger partial charge in [0.2, 0.25) is 0 Å². The Kier molecular flexibility index (Phi) is 3.68. The molecule has 1 aliphatic heterocycles. The summed E-state index contributed by atoms with van der Waals surface area (Å²) in [6.07, 6.45) is 1.68. The predicted octanol–water partition coefficient (Wildman–Crippen LogP) is 3.07. The molecule has 0 unspecified atom stereocenters. The monoisotopic (exact) mass is 345 g/mol. The summed E-state index contributed by atoms with van der Waals surface area (Å²) in [6, 6.07) is 18.1. The zero-order valence-electron chi connectivity index (χ0n) is 14.3. The average Bonchev–Trinajstić information content (AvgIpc) is 3.38. The second-order valence-corrected chi connectivity index (χ2v) is 6.38. The summed E-state index contributed by atoms with van der Waals surface area (Å²) in [7, 11) is 0. The fourth-order valence-corrected chi connectivity index (χ4v) is 3.38. The number of nitrogens with zero attached hydrogens (tertiary/aromatic N) is 4. The lowest BCUT2D eigenvalue weighted by atomic mass is 10.2. The van der Waals surface area contributed by atoms with Gasteiger partial charge in [-0.2, -0.15) is 9.61 Å². The van der Waals surface area contributed by atoms with Crippen LogP contribution >= 0.6 is 0 Å². The van der Waals surface area contributed by atoms with Gasteiger partial charge in [0.15, 0.2) is 11.4 Å². The SMILES string of the molecule is c1ccc(-c2cc3nc(-c4ccco4)cc(N4CCNCC4)n3n2)cc1. The van der Waals surface area contributed by atoms with E-state index in [-0.39, 0.29) is 0 Å². The van der Waals surface area contributed by atoms with Crippen molar-refractivity contribution in [2.24, 2.45) is 0 Å². The maximum atomic E-state index is 5.58. The normalized spacial score (nSPS) is 14.8. The molecule has 5 rings (SSSR count). The summed E-state index contributed by atoms with van der Waals surface area (Å²) >= 11 is 0. The number of hydrogen-bond acceptors (Lipinski definition) is 5. The number of benzene rings is 1. The molecule has 1 fully saturated rings. The van der Waals surface area contributed by atoms with Gasteiger partial charge in [0.1, 0.15) is 11.5 Å². The number of hydrogen-bond donors (Lipinski definition) is 1. The molecule has 0 spiro atoms. The molecule has 1 aliphatic rings. The first-order valence-corrected chi connectivity index (χ1v) is 8.84. The Morgan fingerprint density at radius 2 is 1.77 bits per heavy atom. The molecule has 4 heterocycles. The number of fused-ring (bicyclic) bond motifs is 1. The predicted molar refractivity (Wildman–Crippen MR) is 101 cm³/mol. The largest absolute Gasteiger partial charge is 0.463 e. The Bertz CT molecular complexity index is 1020. The molecule has 4 aromatic rings. The van der Waals surface area contributed by atoms with E-state index < -0.39 is 0 Å². The van der Waals surface area contributed by atoms with E-state index in [1.807, 2.05) is 40.9 Å². The number of rotatable bonds is 3. The maximum absolute atomic E-state index is 5.58. The molecule has 6 heteroatoms. The Balaban J connectivity index is 1.69. The van der Waals surface area contributed by atoms with Crippen LogP contribution in [0.1, 0.15) is 0 Å². The highest BCUT2D eigenvalue weighted by Gasteiger charge is 2.19. The number of anilines is 1. The maximum Gasteiger partial charge on any atom is 0.158 e. The molecule has 26 heavy (non-hydrogen) atoms. The van der Waals surface area contributed by atoms with Crippen LogP contribution in [0.4, 0.5) is 5.82 Å². The van der Waals surface area contributed by atoms with Gasteiger partial charge >= 0.3 is 0 Å². The first-order chi connectivity index (χ1) is 12.9. The van der Waals surface area contributed by atoms with Crippen LogP contribution in [0.25, 0.3) is 28.4 Å². The van der Waals surface area contributed by atoms with E-state index in [1.54, 1.807) is 6.26 Å². The third-order valence-corrected chi connectivity index (χ3v) is 4.69. The van der Waals surface area contributed by atoms with Crippen molar-refractivity contribution in [3.8, 4) is 22.7 Å². The van der Waals surface area contributed by atoms with Crippen molar-refractivity contribution in [1.82, 2.24) is 19.9 Å². The van der Waals surface area contributed by atoms with Crippen molar-refractivity contribution >= 4 is 11.5 Å². The fourth-order valence-electron chi connectivity index (χ4n) is 3.38. The molecule has 1 N–H and O–H groups in total. The minimum Gasteiger partial charge on any atom is -0.463 e. The average molecular weight is 345 g/mol. The van der Waals surface area contributed by atoms with Crippen LogP contribution in [0.5, 0.6) is 0 Å². The summed E-state index contributed by atoms with van der Waals surface area (Å²) in [5.74, 6) is 1.82. The topological polar surface area (TPSA) is 58.6 Å². The van der Waals surface area contributed by atoms with Gasteiger partial charge in [-0.05, 0) is 12.1 Å². The minimum atomic E-state index is 0.770. The number of piperazine rings is 1. The van der Waals surface area contributed by atoms with Crippen LogP contribution in [0.3, 0.4) is 0 Å². The molecule has 0 amide bonds. The van der Waals surface area contributed by atoms with Crippen molar-refractivity contribution in [2.45, 2.75) is 0 Å². The number of aromatic nitrogens is 3. The Labute approximate surface area is 151 Å². The molecule has 1 aromatic carbocycles. The van der Waals surface area contributed by atoms with Crippen LogP contribution in [0.2, 0.25) is 0 Å². The second-order valence-electron chi connectivity index (χ2n) is 6.38. The van der Waals surface area contributed by atoms with Gasteiger partial charge in [-0.3, -0.25) is 0 Å². The minimum absolute atomic E-state index is 0.770. The third-order valence-electron chi connectivity index (χ3n) is 4.69. The van der Waals surface area contributed by atoms with E-state index in [1.165, 1.54) is 0 Å². The molecule has 0 saturated carbocycles. The van der Waals surface area contributed by atoms with Gasteiger partial charge in [0, 0.05) is 43.9 Å². The first-order valence-electron chi connectivity index (χ1n) is 8.84. The van der Waals surface area contributed by atoms with Gasteiger partial charge in [0.25, 0.3) is 0 Å². The van der Waals surface area contributed by atoms with Crippen LogP contribution < -0.4 is 10.2 Å². The lowest BCUT2D eigenvalue weighted by Gasteiger charge is -2.29. The molecule has 0 aliphatic carbocycles. The van der Waals surface area contributed by atoms with Gasteiger partial charge in [-0.25, -0.2) is 4.98 Å². The second kappa shape index (κ2) is 6.31. The highest BCUT2D eigenvalue weighted by molar-refractivity contribution is 5.69. The van der Waals surface area contributed by atoms with E-state index in [4.69, 9.17) is 14.5 Å². The zero-order chi connectivity index (χ0) is 17.3. The van der Waals surface area contributed by atoms with Gasteiger partial charge < -0.3 is 14.6 Å². The Hall–Kier alpha value is -3.12. The van der Waals surface area contributed by atoms with Gasteiger partial charge in [0.05, 0.1) is 12.0 Å². The summed E-state index contributed by atoms with van der Waals surface area (Å²) in [5, 5.41) is 8.24. The molecule has 3 aromatic heterocycles. The molecule has 0 radical (unpaired) electrons. The van der Waals surface area contributed by atoms with E-state index in [0.29, 0.717) is 0 Å². The van der Waals surface area contributed by atoms with Crippen LogP contribution in [0, 0.1) is 0 Å².